The van der Waals surface area contributed by atoms with E-state index in [0.29, 0.717) is 30.0 Å². The fourth-order valence-corrected chi connectivity index (χ4v) is 3.37. The molecule has 0 aliphatic carbocycles. The van der Waals surface area contributed by atoms with Gasteiger partial charge >= 0.3 is 0 Å². The smallest absolute Gasteiger partial charge is 0.255 e. The minimum absolute atomic E-state index is 0.0252. The minimum atomic E-state index is -0.198. The van der Waals surface area contributed by atoms with Gasteiger partial charge in [-0.1, -0.05) is 31.0 Å². The molecule has 1 aliphatic heterocycles. The van der Waals surface area contributed by atoms with Crippen LogP contribution in [0.4, 0.5) is 11.4 Å². The number of likely N-dealkylation sites (tertiary alicyclic amines) is 1. The van der Waals surface area contributed by atoms with E-state index >= 15 is 0 Å². The van der Waals surface area contributed by atoms with E-state index in [4.69, 9.17) is 5.73 Å². The van der Waals surface area contributed by atoms with E-state index < -0.39 is 0 Å². The number of carbonyl (C=O) groups is 2. The summed E-state index contributed by atoms with van der Waals surface area (Å²) in [6, 6.07) is 14.4. The van der Waals surface area contributed by atoms with E-state index in [2.05, 4.69) is 15.5 Å². The number of nitrogens with two attached hydrogens (primary N) is 1. The van der Waals surface area contributed by atoms with Crippen molar-refractivity contribution in [2.45, 2.75) is 32.2 Å². The molecule has 0 atom stereocenters. The Labute approximate surface area is 166 Å². The second-order valence-electron chi connectivity index (χ2n) is 7.17. The SMILES string of the molecule is NCc1ccc(C(=O)Nc2cccc(NC(=O)CN3CCCCCC3)c2)cc1. The van der Waals surface area contributed by atoms with Gasteiger partial charge < -0.3 is 16.4 Å². The summed E-state index contributed by atoms with van der Waals surface area (Å²) in [5, 5.41) is 5.80. The number of carbonyl (C=O) groups excluding carboxylic acids is 2. The normalized spacial score (nSPS) is 14.9. The molecular weight excluding hydrogens is 352 g/mol. The first kappa shape index (κ1) is 20.0. The van der Waals surface area contributed by atoms with Gasteiger partial charge in [-0.25, -0.2) is 0 Å². The van der Waals surface area contributed by atoms with Gasteiger partial charge in [-0.15, -0.1) is 0 Å². The third-order valence-electron chi connectivity index (χ3n) is 4.92. The quantitative estimate of drug-likeness (QED) is 0.718. The largest absolute Gasteiger partial charge is 0.326 e. The van der Waals surface area contributed by atoms with Crippen LogP contribution in [0.1, 0.15) is 41.6 Å². The van der Waals surface area contributed by atoms with Gasteiger partial charge in [-0.05, 0) is 61.8 Å². The third-order valence-corrected chi connectivity index (χ3v) is 4.92. The maximum absolute atomic E-state index is 12.4. The molecule has 0 saturated carbocycles. The molecule has 0 spiro atoms. The van der Waals surface area contributed by atoms with Gasteiger partial charge in [0.2, 0.25) is 5.91 Å². The second kappa shape index (κ2) is 10.0. The molecule has 0 radical (unpaired) electrons. The van der Waals surface area contributed by atoms with E-state index in [0.717, 1.165) is 31.5 Å². The molecule has 28 heavy (non-hydrogen) atoms. The third kappa shape index (κ3) is 5.90. The molecule has 1 fully saturated rings. The van der Waals surface area contributed by atoms with Gasteiger partial charge in [0.1, 0.15) is 0 Å². The first-order valence-electron chi connectivity index (χ1n) is 9.87. The zero-order valence-corrected chi connectivity index (χ0v) is 16.1. The van der Waals surface area contributed by atoms with Crippen LogP contribution in [0, 0.1) is 0 Å². The predicted octanol–water partition coefficient (Wildman–Crippen LogP) is 3.21. The fraction of sp³-hybridized carbons (Fsp3) is 0.364. The van der Waals surface area contributed by atoms with Crippen LogP contribution in [0.25, 0.3) is 0 Å². The summed E-state index contributed by atoms with van der Waals surface area (Å²) in [4.78, 5) is 27.0. The summed E-state index contributed by atoms with van der Waals surface area (Å²) in [5.41, 5.74) is 8.44. The zero-order valence-electron chi connectivity index (χ0n) is 16.1. The summed E-state index contributed by atoms with van der Waals surface area (Å²) in [7, 11) is 0. The van der Waals surface area contributed by atoms with E-state index in [1.807, 2.05) is 24.3 Å². The number of anilines is 2. The van der Waals surface area contributed by atoms with Crippen LogP contribution >= 0.6 is 0 Å². The van der Waals surface area contributed by atoms with Crippen LogP contribution in [0.15, 0.2) is 48.5 Å². The van der Waals surface area contributed by atoms with E-state index in [1.54, 1.807) is 24.3 Å². The highest BCUT2D eigenvalue weighted by Gasteiger charge is 2.13. The number of nitrogens with one attached hydrogen (secondary N) is 2. The molecule has 0 unspecified atom stereocenters. The van der Waals surface area contributed by atoms with Crippen LogP contribution in [0.2, 0.25) is 0 Å². The number of hydrogen-bond acceptors (Lipinski definition) is 4. The molecule has 1 heterocycles. The lowest BCUT2D eigenvalue weighted by Gasteiger charge is -2.19. The summed E-state index contributed by atoms with van der Waals surface area (Å²) in [5.74, 6) is -0.223. The molecule has 1 saturated heterocycles. The summed E-state index contributed by atoms with van der Waals surface area (Å²) >= 11 is 0. The summed E-state index contributed by atoms with van der Waals surface area (Å²) in [6.07, 6.45) is 4.80. The van der Waals surface area contributed by atoms with Crippen molar-refractivity contribution in [3.63, 3.8) is 0 Å². The van der Waals surface area contributed by atoms with Crippen LogP contribution in [-0.2, 0) is 11.3 Å². The van der Waals surface area contributed by atoms with Crippen molar-refractivity contribution in [1.82, 2.24) is 4.90 Å². The van der Waals surface area contributed by atoms with E-state index in [1.165, 1.54) is 12.8 Å². The van der Waals surface area contributed by atoms with E-state index in [-0.39, 0.29) is 11.8 Å². The predicted molar refractivity (Wildman–Crippen MR) is 112 cm³/mol. The Kier molecular flexibility index (Phi) is 7.17. The lowest BCUT2D eigenvalue weighted by atomic mass is 10.1. The van der Waals surface area contributed by atoms with Crippen molar-refractivity contribution in [3.05, 3.63) is 59.7 Å². The van der Waals surface area contributed by atoms with Gasteiger partial charge in [0.25, 0.3) is 5.91 Å². The Morgan fingerprint density at radius 1 is 0.893 bits per heavy atom. The Morgan fingerprint density at radius 3 is 2.18 bits per heavy atom. The average Bonchev–Trinajstić information content (AvgIpc) is 2.97. The molecule has 0 bridgehead atoms. The molecule has 148 valence electrons. The van der Waals surface area contributed by atoms with Gasteiger partial charge in [0.15, 0.2) is 0 Å². The molecule has 2 aromatic carbocycles. The molecular formula is C22H28N4O2. The fourth-order valence-electron chi connectivity index (χ4n) is 3.37. The van der Waals surface area contributed by atoms with Crippen molar-refractivity contribution in [2.24, 2.45) is 5.73 Å². The van der Waals surface area contributed by atoms with E-state index in [9.17, 15) is 9.59 Å². The summed E-state index contributed by atoms with van der Waals surface area (Å²) < 4.78 is 0. The van der Waals surface area contributed by atoms with Crippen LogP contribution in [-0.4, -0.2) is 36.3 Å². The molecule has 1 aliphatic rings. The van der Waals surface area contributed by atoms with Crippen molar-refractivity contribution in [3.8, 4) is 0 Å². The Balaban J connectivity index is 1.56. The molecule has 2 amide bonds. The van der Waals surface area contributed by atoms with Crippen molar-refractivity contribution in [2.75, 3.05) is 30.3 Å². The lowest BCUT2D eigenvalue weighted by Crippen LogP contribution is -2.33. The van der Waals surface area contributed by atoms with Gasteiger partial charge in [0.05, 0.1) is 6.54 Å². The van der Waals surface area contributed by atoms with Gasteiger partial charge in [0, 0.05) is 23.5 Å². The first-order valence-corrected chi connectivity index (χ1v) is 9.87. The molecule has 6 heteroatoms. The molecule has 2 aromatic rings. The highest BCUT2D eigenvalue weighted by atomic mass is 16.2. The van der Waals surface area contributed by atoms with Crippen LogP contribution < -0.4 is 16.4 Å². The Morgan fingerprint density at radius 2 is 1.54 bits per heavy atom. The number of amides is 2. The Bertz CT molecular complexity index is 796. The highest BCUT2D eigenvalue weighted by molar-refractivity contribution is 6.04. The molecule has 0 aromatic heterocycles. The van der Waals surface area contributed by atoms with Crippen molar-refractivity contribution < 1.29 is 9.59 Å². The first-order chi connectivity index (χ1) is 13.6. The Hall–Kier alpha value is -2.70. The minimum Gasteiger partial charge on any atom is -0.326 e. The van der Waals surface area contributed by atoms with Crippen LogP contribution in [0.3, 0.4) is 0 Å². The average molecular weight is 380 g/mol. The monoisotopic (exact) mass is 380 g/mol. The van der Waals surface area contributed by atoms with Gasteiger partial charge in [-0.3, -0.25) is 14.5 Å². The maximum atomic E-state index is 12.4. The summed E-state index contributed by atoms with van der Waals surface area (Å²) in [6.45, 7) is 2.81. The number of hydrogen-bond donors (Lipinski definition) is 3. The van der Waals surface area contributed by atoms with Crippen molar-refractivity contribution >= 4 is 23.2 Å². The molecule has 6 nitrogen and oxygen atoms in total. The standard InChI is InChI=1S/C22H28N4O2/c23-15-17-8-10-18(11-9-17)22(28)25-20-7-5-6-19(14-20)24-21(27)16-26-12-3-1-2-4-13-26/h5-11,14H,1-4,12-13,15-16,23H2,(H,24,27)(H,25,28). The van der Waals surface area contributed by atoms with Crippen LogP contribution in [0.5, 0.6) is 0 Å². The van der Waals surface area contributed by atoms with Crippen molar-refractivity contribution in [1.29, 1.82) is 0 Å². The topological polar surface area (TPSA) is 87.5 Å². The maximum Gasteiger partial charge on any atom is 0.255 e. The highest BCUT2D eigenvalue weighted by Crippen LogP contribution is 2.17. The number of rotatable bonds is 6. The number of benzene rings is 2. The molecule has 3 rings (SSSR count). The van der Waals surface area contributed by atoms with Gasteiger partial charge in [-0.2, -0.15) is 0 Å². The molecule has 4 N–H and O–H groups in total. The zero-order chi connectivity index (χ0) is 19.8. The lowest BCUT2D eigenvalue weighted by molar-refractivity contribution is -0.117. The second-order valence-corrected chi connectivity index (χ2v) is 7.17. The number of nitrogens with zero attached hydrogens (tertiary/aromatic N) is 1.